The summed E-state index contributed by atoms with van der Waals surface area (Å²) in [5.74, 6) is 0. The molecule has 0 amide bonds. The fraction of sp³-hybridized carbons (Fsp3) is 0.165. The van der Waals surface area contributed by atoms with Gasteiger partial charge in [-0.05, 0) is 122 Å². The molecule has 406 valence electrons. The zero-order valence-corrected chi connectivity index (χ0v) is 49.5. The maximum atomic E-state index is 2.49. The van der Waals surface area contributed by atoms with E-state index >= 15 is 0 Å². The molecule has 0 aliphatic heterocycles. The molecule has 0 radical (unpaired) electrons. The molecular weight excluding hydrogens is 991 g/mol. The average Bonchev–Trinajstić information content (AvgIpc) is 4.24. The number of benzene rings is 12. The highest BCUT2D eigenvalue weighted by atomic mass is 15.0. The standard InChI is InChI=1S/3C25H21N.2C2H6/c1-17-11-18(2)13-19(12-17)16-26-24-10-6-5-9-22(24)23-14-20-7-3-4-8-21(20)15-25(23)26;1-17-13-18(2)15-19(14-17)16-26-24-10-6-5-9-22(24)23-12-11-20-7-3-4-8-21(20)25(23)26;1-17-13-18(2)15-19(14-17)16-26-23-10-6-5-9-22(23)25-21-8-4-3-7-20(21)11-12-24(25)26;2*1-2/h3*3-15H,16H2,1-2H3;2*1-2H3. The maximum absolute atomic E-state index is 2.49. The number of aryl methyl sites for hydroxylation is 6. The molecule has 3 heteroatoms. The smallest absolute Gasteiger partial charge is 0.0574 e. The topological polar surface area (TPSA) is 14.8 Å². The van der Waals surface area contributed by atoms with Crippen molar-refractivity contribution in [3.05, 3.63) is 287 Å². The number of rotatable bonds is 6. The second-order valence-electron chi connectivity index (χ2n) is 21.9. The van der Waals surface area contributed by atoms with Crippen LogP contribution >= 0.6 is 0 Å². The molecule has 82 heavy (non-hydrogen) atoms. The van der Waals surface area contributed by atoms with Gasteiger partial charge in [0.15, 0.2) is 0 Å². The Kier molecular flexibility index (Phi) is 15.9. The van der Waals surface area contributed by atoms with E-state index < -0.39 is 0 Å². The van der Waals surface area contributed by atoms with E-state index in [1.54, 1.807) is 0 Å². The number of hydrogen-bond donors (Lipinski definition) is 0. The van der Waals surface area contributed by atoms with Gasteiger partial charge in [0.05, 0.1) is 16.6 Å². The summed E-state index contributed by atoms with van der Waals surface area (Å²) in [4.78, 5) is 0. The molecular formula is C79H75N3. The normalized spacial score (nSPS) is 11.2. The lowest BCUT2D eigenvalue weighted by Gasteiger charge is -2.11. The summed E-state index contributed by atoms with van der Waals surface area (Å²) in [5.41, 5.74) is 19.9. The minimum Gasteiger partial charge on any atom is -0.336 e. The molecule has 0 saturated carbocycles. The Balaban J connectivity index is 0.000000125. The molecule has 0 atom stereocenters. The van der Waals surface area contributed by atoms with E-state index in [0.717, 1.165) is 19.6 Å². The van der Waals surface area contributed by atoms with Crippen LogP contribution in [0.4, 0.5) is 0 Å². The number of hydrogen-bond acceptors (Lipinski definition) is 0. The van der Waals surface area contributed by atoms with Gasteiger partial charge in [-0.15, -0.1) is 0 Å². The summed E-state index contributed by atoms with van der Waals surface area (Å²) in [6, 6.07) is 86.6. The largest absolute Gasteiger partial charge is 0.336 e. The first-order valence-electron chi connectivity index (χ1n) is 29.5. The number of fused-ring (bicyclic) bond motifs is 14. The van der Waals surface area contributed by atoms with Gasteiger partial charge in [0.25, 0.3) is 0 Å². The fourth-order valence-electron chi connectivity index (χ4n) is 12.9. The molecule has 0 unspecified atom stereocenters. The van der Waals surface area contributed by atoms with Gasteiger partial charge in [-0.3, -0.25) is 0 Å². The van der Waals surface area contributed by atoms with Gasteiger partial charge in [-0.25, -0.2) is 0 Å². The summed E-state index contributed by atoms with van der Waals surface area (Å²) in [7, 11) is 0. The third-order valence-corrected chi connectivity index (χ3v) is 15.8. The van der Waals surface area contributed by atoms with Crippen molar-refractivity contribution in [3.8, 4) is 0 Å². The SMILES string of the molecule is CC.CC.Cc1cc(C)cc(Cn2c3ccccc3c3c4ccccc4ccc32)c1.Cc1cc(C)cc(Cn2c3ccccc3c3cc4ccccc4cc32)c1.Cc1cc(C)cc(Cn2c3ccccc3c3ccc4ccccc4c32)c1. The lowest BCUT2D eigenvalue weighted by atomic mass is 10.0. The first-order chi connectivity index (χ1) is 40.1. The average molecular weight is 1070 g/mol. The van der Waals surface area contributed by atoms with Crippen LogP contribution in [0.25, 0.3) is 97.7 Å². The van der Waals surface area contributed by atoms with Crippen LogP contribution in [0.5, 0.6) is 0 Å². The molecule has 15 rings (SSSR count). The van der Waals surface area contributed by atoms with Crippen LogP contribution in [0, 0.1) is 41.5 Å². The quantitative estimate of drug-likeness (QED) is 0.158. The molecule has 0 N–H and O–H groups in total. The first kappa shape index (κ1) is 54.8. The Morgan fingerprint density at radius 3 is 1.11 bits per heavy atom. The molecule has 3 aromatic heterocycles. The van der Waals surface area contributed by atoms with Crippen LogP contribution in [0.2, 0.25) is 0 Å². The highest BCUT2D eigenvalue weighted by Gasteiger charge is 2.17. The van der Waals surface area contributed by atoms with Gasteiger partial charge in [-0.1, -0.05) is 261 Å². The summed E-state index contributed by atoms with van der Waals surface area (Å²) in [5, 5.41) is 15.9. The minimum absolute atomic E-state index is 0.889. The van der Waals surface area contributed by atoms with E-state index in [9.17, 15) is 0 Å². The first-order valence-corrected chi connectivity index (χ1v) is 29.5. The second-order valence-corrected chi connectivity index (χ2v) is 21.9. The summed E-state index contributed by atoms with van der Waals surface area (Å²) >= 11 is 0. The molecule has 0 aliphatic carbocycles. The molecule has 0 saturated heterocycles. The van der Waals surface area contributed by atoms with Gasteiger partial charge < -0.3 is 13.7 Å². The van der Waals surface area contributed by atoms with Crippen LogP contribution in [0.1, 0.15) is 77.8 Å². The molecule has 0 fully saturated rings. The monoisotopic (exact) mass is 1070 g/mol. The highest BCUT2D eigenvalue weighted by molar-refractivity contribution is 6.21. The fourth-order valence-corrected chi connectivity index (χ4v) is 12.9. The molecule has 3 nitrogen and oxygen atoms in total. The molecule has 0 bridgehead atoms. The van der Waals surface area contributed by atoms with Gasteiger partial charge in [0.2, 0.25) is 0 Å². The Morgan fingerprint density at radius 2 is 0.585 bits per heavy atom. The van der Waals surface area contributed by atoms with E-state index in [1.807, 2.05) is 27.7 Å². The number of nitrogens with zero attached hydrogens (tertiary/aromatic N) is 3. The van der Waals surface area contributed by atoms with Gasteiger partial charge in [-0.2, -0.15) is 0 Å². The van der Waals surface area contributed by atoms with Crippen molar-refractivity contribution in [1.82, 2.24) is 13.7 Å². The third-order valence-electron chi connectivity index (χ3n) is 15.8. The van der Waals surface area contributed by atoms with Crippen molar-refractivity contribution >= 4 is 97.7 Å². The van der Waals surface area contributed by atoms with Gasteiger partial charge in [0.1, 0.15) is 0 Å². The van der Waals surface area contributed by atoms with E-state index in [4.69, 9.17) is 0 Å². The Bertz CT molecular complexity index is 4640. The van der Waals surface area contributed by atoms with Crippen LogP contribution in [0.3, 0.4) is 0 Å². The molecule has 3 heterocycles. The van der Waals surface area contributed by atoms with Crippen LogP contribution in [-0.4, -0.2) is 13.7 Å². The van der Waals surface area contributed by atoms with Crippen molar-refractivity contribution in [2.75, 3.05) is 0 Å². The Hall–Kier alpha value is -9.18. The third kappa shape index (κ3) is 10.8. The highest BCUT2D eigenvalue weighted by Crippen LogP contribution is 2.38. The van der Waals surface area contributed by atoms with Crippen LogP contribution in [0.15, 0.2) is 237 Å². The van der Waals surface area contributed by atoms with E-state index in [-0.39, 0.29) is 0 Å². The van der Waals surface area contributed by atoms with Crippen molar-refractivity contribution in [2.24, 2.45) is 0 Å². The van der Waals surface area contributed by atoms with Gasteiger partial charge >= 0.3 is 0 Å². The Morgan fingerprint density at radius 1 is 0.232 bits per heavy atom. The lowest BCUT2D eigenvalue weighted by molar-refractivity contribution is 0.866. The lowest BCUT2D eigenvalue weighted by Crippen LogP contribution is -2.00. The maximum Gasteiger partial charge on any atom is 0.0574 e. The van der Waals surface area contributed by atoms with E-state index in [1.165, 1.54) is 148 Å². The van der Waals surface area contributed by atoms with Crippen molar-refractivity contribution < 1.29 is 0 Å². The van der Waals surface area contributed by atoms with Crippen LogP contribution in [-0.2, 0) is 19.6 Å². The minimum atomic E-state index is 0.889. The molecule has 0 spiro atoms. The number of para-hydroxylation sites is 3. The summed E-state index contributed by atoms with van der Waals surface area (Å²) < 4.78 is 7.41. The van der Waals surface area contributed by atoms with Crippen molar-refractivity contribution in [3.63, 3.8) is 0 Å². The predicted octanol–water partition coefficient (Wildman–Crippen LogP) is 21.9. The zero-order valence-electron chi connectivity index (χ0n) is 49.5. The molecule has 15 aromatic rings. The second kappa shape index (κ2) is 23.9. The zero-order chi connectivity index (χ0) is 57.0. The Labute approximate surface area is 484 Å². The van der Waals surface area contributed by atoms with Crippen molar-refractivity contribution in [1.29, 1.82) is 0 Å². The van der Waals surface area contributed by atoms with Gasteiger partial charge in [0, 0.05) is 73.9 Å². The summed E-state index contributed by atoms with van der Waals surface area (Å²) in [6.45, 7) is 23.7. The van der Waals surface area contributed by atoms with E-state index in [2.05, 4.69) is 292 Å². The molecule has 0 aliphatic rings. The molecule has 12 aromatic carbocycles. The predicted molar refractivity (Wildman–Crippen MR) is 359 cm³/mol. The summed E-state index contributed by atoms with van der Waals surface area (Å²) in [6.07, 6.45) is 0. The number of aromatic nitrogens is 3. The van der Waals surface area contributed by atoms with Crippen LogP contribution < -0.4 is 0 Å². The van der Waals surface area contributed by atoms with Crippen molar-refractivity contribution in [2.45, 2.75) is 88.9 Å². The van der Waals surface area contributed by atoms with E-state index in [0.29, 0.717) is 0 Å².